The molecule has 100 valence electrons. The molecule has 0 fully saturated rings. The second kappa shape index (κ2) is 6.33. The molecule has 2 amide bonds. The summed E-state index contributed by atoms with van der Waals surface area (Å²) in [5.74, 6) is -0.311. The molecule has 2 rings (SSSR count). The van der Waals surface area contributed by atoms with E-state index in [1.165, 1.54) is 6.07 Å². The number of hydrogen-bond donors (Lipinski definition) is 2. The van der Waals surface area contributed by atoms with Crippen LogP contribution in [0.15, 0.2) is 41.1 Å². The van der Waals surface area contributed by atoms with Crippen molar-refractivity contribution in [2.45, 2.75) is 19.5 Å². The van der Waals surface area contributed by atoms with Gasteiger partial charge in [-0.3, -0.25) is 0 Å². The third-order valence-electron chi connectivity index (χ3n) is 2.79. The Hall–Kier alpha value is -1.88. The lowest BCUT2D eigenvalue weighted by Crippen LogP contribution is -2.36. The van der Waals surface area contributed by atoms with Gasteiger partial charge in [0.15, 0.2) is 0 Å². The van der Waals surface area contributed by atoms with Gasteiger partial charge in [-0.1, -0.05) is 18.2 Å². The molecule has 2 N–H and O–H groups in total. The first-order valence-electron chi connectivity index (χ1n) is 5.96. The monoisotopic (exact) mass is 278 g/mol. The lowest BCUT2D eigenvalue weighted by atomic mass is 10.2. The zero-order chi connectivity index (χ0) is 13.7. The molecule has 0 spiro atoms. The minimum atomic E-state index is -0.311. The molecule has 5 heteroatoms. The molecule has 0 aliphatic carbocycles. The maximum absolute atomic E-state index is 13.4. The van der Waals surface area contributed by atoms with Gasteiger partial charge in [0.1, 0.15) is 5.82 Å². The van der Waals surface area contributed by atoms with E-state index in [9.17, 15) is 9.18 Å². The Morgan fingerprint density at radius 2 is 2.16 bits per heavy atom. The van der Waals surface area contributed by atoms with Crippen molar-refractivity contribution in [3.8, 4) is 0 Å². The van der Waals surface area contributed by atoms with Crippen LogP contribution < -0.4 is 10.6 Å². The highest BCUT2D eigenvalue weighted by molar-refractivity contribution is 7.07. The summed E-state index contributed by atoms with van der Waals surface area (Å²) in [5.41, 5.74) is 1.53. The first-order valence-corrected chi connectivity index (χ1v) is 6.91. The molecule has 1 heterocycles. The number of nitrogens with one attached hydrogen (secondary N) is 2. The Bertz CT molecular complexity index is 542. The number of amides is 2. The third kappa shape index (κ3) is 3.79. The SMILES string of the molecule is CC(NC(=O)NCc1ccccc1F)c1ccsc1. The standard InChI is InChI=1S/C14H15FN2OS/c1-10(12-6-7-19-9-12)17-14(18)16-8-11-4-2-3-5-13(11)15/h2-7,9-10H,8H2,1H3,(H2,16,17,18). The van der Waals surface area contributed by atoms with E-state index < -0.39 is 0 Å². The molecule has 1 aromatic carbocycles. The van der Waals surface area contributed by atoms with Crippen molar-refractivity contribution in [1.82, 2.24) is 10.6 Å². The van der Waals surface area contributed by atoms with E-state index in [-0.39, 0.29) is 24.4 Å². The van der Waals surface area contributed by atoms with Crippen molar-refractivity contribution < 1.29 is 9.18 Å². The number of rotatable bonds is 4. The quantitative estimate of drug-likeness (QED) is 0.883. The minimum absolute atomic E-state index is 0.0631. The smallest absolute Gasteiger partial charge is 0.315 e. The fourth-order valence-corrected chi connectivity index (χ4v) is 2.42. The van der Waals surface area contributed by atoms with Gasteiger partial charge in [-0.05, 0) is 35.4 Å². The summed E-state index contributed by atoms with van der Waals surface area (Å²) in [5, 5.41) is 9.40. The van der Waals surface area contributed by atoms with Crippen LogP contribution >= 0.6 is 11.3 Å². The molecule has 19 heavy (non-hydrogen) atoms. The van der Waals surface area contributed by atoms with Crippen LogP contribution in [0.3, 0.4) is 0 Å². The van der Waals surface area contributed by atoms with E-state index in [0.717, 1.165) is 5.56 Å². The topological polar surface area (TPSA) is 41.1 Å². The third-order valence-corrected chi connectivity index (χ3v) is 3.49. The number of carbonyl (C=O) groups is 1. The Morgan fingerprint density at radius 3 is 2.84 bits per heavy atom. The molecule has 0 bridgehead atoms. The molecular formula is C14H15FN2OS. The Labute approximate surface area is 115 Å². The molecule has 1 unspecified atom stereocenters. The number of benzene rings is 1. The molecule has 1 atom stereocenters. The molecular weight excluding hydrogens is 263 g/mol. The highest BCUT2D eigenvalue weighted by Crippen LogP contribution is 2.15. The van der Waals surface area contributed by atoms with Crippen LogP contribution in [-0.4, -0.2) is 6.03 Å². The van der Waals surface area contributed by atoms with Crippen LogP contribution in [0.4, 0.5) is 9.18 Å². The van der Waals surface area contributed by atoms with Gasteiger partial charge in [-0.25, -0.2) is 9.18 Å². The molecule has 2 aromatic rings. The van der Waals surface area contributed by atoms with Crippen molar-refractivity contribution >= 4 is 17.4 Å². The number of halogens is 1. The van der Waals surface area contributed by atoms with E-state index in [1.807, 2.05) is 23.8 Å². The summed E-state index contributed by atoms with van der Waals surface area (Å²) in [6, 6.07) is 7.99. The molecule has 0 aliphatic heterocycles. The number of carbonyl (C=O) groups excluding carboxylic acids is 1. The van der Waals surface area contributed by atoms with Crippen LogP contribution in [0.25, 0.3) is 0 Å². The fraction of sp³-hybridized carbons (Fsp3) is 0.214. The summed E-state index contributed by atoms with van der Waals surface area (Å²) in [6.07, 6.45) is 0. The Morgan fingerprint density at radius 1 is 1.37 bits per heavy atom. The van der Waals surface area contributed by atoms with Crippen molar-refractivity contribution in [3.05, 3.63) is 58.0 Å². The molecule has 0 radical (unpaired) electrons. The number of thiophene rings is 1. The summed E-state index contributed by atoms with van der Waals surface area (Å²) < 4.78 is 13.4. The van der Waals surface area contributed by atoms with Gasteiger partial charge in [-0.15, -0.1) is 0 Å². The molecule has 0 saturated heterocycles. The normalized spacial score (nSPS) is 11.9. The first kappa shape index (κ1) is 13.5. The van der Waals surface area contributed by atoms with Crippen molar-refractivity contribution in [2.24, 2.45) is 0 Å². The summed E-state index contributed by atoms with van der Waals surface area (Å²) >= 11 is 1.59. The van der Waals surface area contributed by atoms with Crippen molar-refractivity contribution in [3.63, 3.8) is 0 Å². The average molecular weight is 278 g/mol. The highest BCUT2D eigenvalue weighted by atomic mass is 32.1. The molecule has 1 aromatic heterocycles. The van der Waals surface area contributed by atoms with Crippen LogP contribution in [-0.2, 0) is 6.54 Å². The Kier molecular flexibility index (Phi) is 4.52. The summed E-state index contributed by atoms with van der Waals surface area (Å²) in [6.45, 7) is 2.08. The van der Waals surface area contributed by atoms with Crippen molar-refractivity contribution in [2.75, 3.05) is 0 Å². The largest absolute Gasteiger partial charge is 0.334 e. The number of hydrogen-bond acceptors (Lipinski definition) is 2. The zero-order valence-corrected chi connectivity index (χ0v) is 11.3. The maximum Gasteiger partial charge on any atom is 0.315 e. The van der Waals surface area contributed by atoms with Crippen LogP contribution in [0.2, 0.25) is 0 Å². The van der Waals surface area contributed by atoms with Crippen LogP contribution in [0.1, 0.15) is 24.1 Å². The van der Waals surface area contributed by atoms with E-state index in [2.05, 4.69) is 10.6 Å². The van der Waals surface area contributed by atoms with Gasteiger partial charge in [0.2, 0.25) is 0 Å². The first-order chi connectivity index (χ1) is 9.16. The van der Waals surface area contributed by atoms with Gasteiger partial charge in [0.25, 0.3) is 0 Å². The average Bonchev–Trinajstić information content (AvgIpc) is 2.91. The van der Waals surface area contributed by atoms with Gasteiger partial charge in [-0.2, -0.15) is 11.3 Å². The summed E-state index contributed by atoms with van der Waals surface area (Å²) in [4.78, 5) is 11.7. The van der Waals surface area contributed by atoms with Gasteiger partial charge in [0, 0.05) is 12.1 Å². The second-order valence-electron chi connectivity index (χ2n) is 4.20. The Balaban J connectivity index is 1.84. The van der Waals surface area contributed by atoms with Gasteiger partial charge >= 0.3 is 6.03 Å². The highest BCUT2D eigenvalue weighted by Gasteiger charge is 2.09. The predicted molar refractivity (Wildman–Crippen MR) is 74.5 cm³/mol. The fourth-order valence-electron chi connectivity index (χ4n) is 1.67. The zero-order valence-electron chi connectivity index (χ0n) is 10.5. The van der Waals surface area contributed by atoms with E-state index >= 15 is 0 Å². The van der Waals surface area contributed by atoms with E-state index in [1.54, 1.807) is 29.5 Å². The van der Waals surface area contributed by atoms with Crippen LogP contribution in [0.5, 0.6) is 0 Å². The van der Waals surface area contributed by atoms with E-state index in [0.29, 0.717) is 5.56 Å². The minimum Gasteiger partial charge on any atom is -0.334 e. The molecule has 0 saturated carbocycles. The molecule has 0 aliphatic rings. The second-order valence-corrected chi connectivity index (χ2v) is 4.98. The summed E-state index contributed by atoms with van der Waals surface area (Å²) in [7, 11) is 0. The lowest BCUT2D eigenvalue weighted by Gasteiger charge is -2.13. The lowest BCUT2D eigenvalue weighted by molar-refractivity contribution is 0.237. The van der Waals surface area contributed by atoms with Crippen LogP contribution in [0, 0.1) is 5.82 Å². The van der Waals surface area contributed by atoms with Gasteiger partial charge < -0.3 is 10.6 Å². The molecule has 3 nitrogen and oxygen atoms in total. The van der Waals surface area contributed by atoms with Gasteiger partial charge in [0.05, 0.1) is 6.04 Å². The maximum atomic E-state index is 13.4. The van der Waals surface area contributed by atoms with Crippen molar-refractivity contribution in [1.29, 1.82) is 0 Å². The predicted octanol–water partition coefficient (Wildman–Crippen LogP) is 3.45. The number of urea groups is 1. The van der Waals surface area contributed by atoms with E-state index in [4.69, 9.17) is 0 Å².